The molecule has 0 aliphatic heterocycles. The van der Waals surface area contributed by atoms with Gasteiger partial charge in [0.25, 0.3) is 0 Å². The molecule has 1 heterocycles. The van der Waals surface area contributed by atoms with Crippen LogP contribution >= 0.6 is 15.9 Å². The van der Waals surface area contributed by atoms with Crippen LogP contribution in [0.5, 0.6) is 11.5 Å². The van der Waals surface area contributed by atoms with Crippen LogP contribution in [0, 0.1) is 0 Å². The van der Waals surface area contributed by atoms with E-state index in [1.165, 1.54) is 0 Å². The third-order valence-corrected chi connectivity index (χ3v) is 2.34. The Balaban J connectivity index is 2.04. The molecule has 0 aliphatic rings. The molecular weight excluding hydrogens is 274 g/mol. The van der Waals surface area contributed by atoms with Gasteiger partial charge in [0.15, 0.2) is 17.3 Å². The first kappa shape index (κ1) is 11.0. The summed E-state index contributed by atoms with van der Waals surface area (Å²) in [6.07, 6.45) is 0. The molecule has 0 fully saturated rings. The molecule has 5 heteroatoms. The molecule has 0 atom stereocenters. The van der Waals surface area contributed by atoms with Crippen molar-refractivity contribution in [1.29, 1.82) is 0 Å². The molecule has 0 saturated heterocycles. The summed E-state index contributed by atoms with van der Waals surface area (Å²) in [5.74, 6) is 2.02. The fourth-order valence-corrected chi connectivity index (χ4v) is 1.57. The van der Waals surface area contributed by atoms with Crippen molar-refractivity contribution in [2.75, 3.05) is 7.11 Å². The number of halogens is 1. The number of methoxy groups -OCH3 is 1. The maximum atomic E-state index is 5.55. The molecule has 16 heavy (non-hydrogen) atoms. The van der Waals surface area contributed by atoms with Crippen LogP contribution in [-0.2, 0) is 6.61 Å². The molecule has 0 aliphatic carbocycles. The second-order valence-corrected chi connectivity index (χ2v) is 3.87. The van der Waals surface area contributed by atoms with Gasteiger partial charge in [0, 0.05) is 6.07 Å². The lowest BCUT2D eigenvalue weighted by Crippen LogP contribution is -1.96. The van der Waals surface area contributed by atoms with E-state index < -0.39 is 0 Å². The maximum absolute atomic E-state index is 5.55. The van der Waals surface area contributed by atoms with Crippen molar-refractivity contribution in [3.8, 4) is 11.5 Å². The van der Waals surface area contributed by atoms with Crippen LogP contribution < -0.4 is 9.47 Å². The number of hydrogen-bond donors (Lipinski definition) is 0. The summed E-state index contributed by atoms with van der Waals surface area (Å²) in [4.78, 5) is 0. The van der Waals surface area contributed by atoms with Crippen molar-refractivity contribution >= 4 is 15.9 Å². The first-order valence-corrected chi connectivity index (χ1v) is 5.46. The van der Waals surface area contributed by atoms with E-state index in [1.54, 1.807) is 13.2 Å². The lowest BCUT2D eigenvalue weighted by Gasteiger charge is -2.08. The average molecular weight is 284 g/mol. The van der Waals surface area contributed by atoms with Gasteiger partial charge >= 0.3 is 0 Å². The zero-order valence-corrected chi connectivity index (χ0v) is 10.2. The number of para-hydroxylation sites is 2. The van der Waals surface area contributed by atoms with Gasteiger partial charge in [0.1, 0.15) is 11.2 Å². The predicted octanol–water partition coefficient (Wildman–Crippen LogP) is 3.02. The van der Waals surface area contributed by atoms with Crippen molar-refractivity contribution < 1.29 is 14.0 Å². The van der Waals surface area contributed by atoms with E-state index >= 15 is 0 Å². The van der Waals surface area contributed by atoms with Crippen molar-refractivity contribution in [1.82, 2.24) is 5.16 Å². The quantitative estimate of drug-likeness (QED) is 0.865. The summed E-state index contributed by atoms with van der Waals surface area (Å²) in [6, 6.07) is 9.20. The van der Waals surface area contributed by atoms with E-state index in [2.05, 4.69) is 21.1 Å². The molecule has 2 aromatic rings. The van der Waals surface area contributed by atoms with Crippen LogP contribution in [0.25, 0.3) is 0 Å². The van der Waals surface area contributed by atoms with Gasteiger partial charge in [-0.1, -0.05) is 17.3 Å². The lowest BCUT2D eigenvalue weighted by molar-refractivity contribution is 0.239. The lowest BCUT2D eigenvalue weighted by atomic mass is 10.3. The third kappa shape index (κ3) is 2.55. The van der Waals surface area contributed by atoms with Gasteiger partial charge in [-0.2, -0.15) is 0 Å². The minimum absolute atomic E-state index is 0.318. The van der Waals surface area contributed by atoms with E-state index in [-0.39, 0.29) is 0 Å². The van der Waals surface area contributed by atoms with E-state index in [4.69, 9.17) is 14.0 Å². The standard InChI is InChI=1S/C11H10BrNO3/c1-14-9-4-2-3-5-10(9)15-7-8-6-11(12)13-16-8/h2-6H,7H2,1H3. The van der Waals surface area contributed by atoms with Crippen LogP contribution in [0.1, 0.15) is 5.76 Å². The van der Waals surface area contributed by atoms with E-state index in [9.17, 15) is 0 Å². The Hall–Kier alpha value is -1.49. The molecule has 0 radical (unpaired) electrons. The van der Waals surface area contributed by atoms with Crippen molar-refractivity contribution in [3.63, 3.8) is 0 Å². The highest BCUT2D eigenvalue weighted by molar-refractivity contribution is 9.10. The molecule has 0 N–H and O–H groups in total. The van der Waals surface area contributed by atoms with E-state index in [0.29, 0.717) is 28.5 Å². The van der Waals surface area contributed by atoms with Gasteiger partial charge in [-0.25, -0.2) is 0 Å². The Morgan fingerprint density at radius 2 is 2.06 bits per heavy atom. The molecule has 84 valence electrons. The molecule has 0 amide bonds. The molecule has 0 spiro atoms. The summed E-state index contributed by atoms with van der Waals surface area (Å²) in [5.41, 5.74) is 0. The Morgan fingerprint density at radius 1 is 1.31 bits per heavy atom. The number of aromatic nitrogens is 1. The van der Waals surface area contributed by atoms with Crippen LogP contribution in [0.3, 0.4) is 0 Å². The van der Waals surface area contributed by atoms with Gasteiger partial charge in [0.2, 0.25) is 0 Å². The minimum atomic E-state index is 0.318. The zero-order chi connectivity index (χ0) is 11.4. The predicted molar refractivity (Wildman–Crippen MR) is 61.5 cm³/mol. The second kappa shape index (κ2) is 5.03. The van der Waals surface area contributed by atoms with Crippen LogP contribution in [-0.4, -0.2) is 12.3 Å². The monoisotopic (exact) mass is 283 g/mol. The fraction of sp³-hybridized carbons (Fsp3) is 0.182. The topological polar surface area (TPSA) is 44.5 Å². The van der Waals surface area contributed by atoms with Gasteiger partial charge in [-0.05, 0) is 28.1 Å². The minimum Gasteiger partial charge on any atom is -0.493 e. The largest absolute Gasteiger partial charge is 0.493 e. The van der Waals surface area contributed by atoms with Crippen molar-refractivity contribution in [2.24, 2.45) is 0 Å². The van der Waals surface area contributed by atoms with Gasteiger partial charge in [-0.15, -0.1) is 0 Å². The summed E-state index contributed by atoms with van der Waals surface area (Å²) in [5, 5.41) is 3.70. The fourth-order valence-electron chi connectivity index (χ4n) is 1.24. The highest BCUT2D eigenvalue weighted by Crippen LogP contribution is 2.26. The van der Waals surface area contributed by atoms with E-state index in [0.717, 1.165) is 0 Å². The Morgan fingerprint density at radius 3 is 2.69 bits per heavy atom. The zero-order valence-electron chi connectivity index (χ0n) is 8.64. The maximum Gasteiger partial charge on any atom is 0.175 e. The normalized spacial score (nSPS) is 10.1. The third-order valence-electron chi connectivity index (χ3n) is 1.97. The van der Waals surface area contributed by atoms with Crippen LogP contribution in [0.15, 0.2) is 39.5 Å². The first-order valence-electron chi connectivity index (χ1n) is 4.66. The number of hydrogen-bond acceptors (Lipinski definition) is 4. The number of nitrogens with zero attached hydrogens (tertiary/aromatic N) is 1. The molecule has 1 aromatic carbocycles. The Kier molecular flexibility index (Phi) is 3.46. The summed E-state index contributed by atoms with van der Waals surface area (Å²) >= 11 is 3.20. The molecule has 0 saturated carbocycles. The number of rotatable bonds is 4. The molecule has 1 aromatic heterocycles. The van der Waals surface area contributed by atoms with Crippen molar-refractivity contribution in [3.05, 3.63) is 40.7 Å². The second-order valence-electron chi connectivity index (χ2n) is 3.06. The van der Waals surface area contributed by atoms with Crippen LogP contribution in [0.4, 0.5) is 0 Å². The highest BCUT2D eigenvalue weighted by Gasteiger charge is 2.06. The number of ether oxygens (including phenoxy) is 2. The number of benzene rings is 1. The average Bonchev–Trinajstić information content (AvgIpc) is 2.73. The molecule has 0 unspecified atom stereocenters. The molecule has 2 rings (SSSR count). The van der Waals surface area contributed by atoms with Gasteiger partial charge in [0.05, 0.1) is 7.11 Å². The smallest absolute Gasteiger partial charge is 0.175 e. The van der Waals surface area contributed by atoms with Crippen LogP contribution in [0.2, 0.25) is 0 Å². The van der Waals surface area contributed by atoms with E-state index in [1.807, 2.05) is 24.3 Å². The molecule has 0 bridgehead atoms. The van der Waals surface area contributed by atoms with Gasteiger partial charge < -0.3 is 14.0 Å². The Labute approximate surface area is 101 Å². The summed E-state index contributed by atoms with van der Waals surface area (Å²) < 4.78 is 16.4. The summed E-state index contributed by atoms with van der Waals surface area (Å²) in [6.45, 7) is 0.318. The Bertz CT molecular complexity index is 470. The van der Waals surface area contributed by atoms with Gasteiger partial charge in [-0.3, -0.25) is 0 Å². The first-order chi connectivity index (χ1) is 7.79. The molecular formula is C11H10BrNO3. The SMILES string of the molecule is COc1ccccc1OCc1cc(Br)no1. The summed E-state index contributed by atoms with van der Waals surface area (Å²) in [7, 11) is 1.60. The van der Waals surface area contributed by atoms with Crippen molar-refractivity contribution in [2.45, 2.75) is 6.61 Å². The molecule has 4 nitrogen and oxygen atoms in total. The highest BCUT2D eigenvalue weighted by atomic mass is 79.9.